The zero-order valence-electron chi connectivity index (χ0n) is 17.9. The number of nitrogens with zero attached hydrogens (tertiary/aromatic N) is 5. The molecule has 2 aromatic heterocycles. The van der Waals surface area contributed by atoms with Crippen LogP contribution < -0.4 is 10.6 Å². The van der Waals surface area contributed by atoms with Crippen LogP contribution in [0.2, 0.25) is 0 Å². The fraction of sp³-hybridized carbons (Fsp3) is 0.409. The normalized spacial score (nSPS) is 20.8. The third kappa shape index (κ3) is 3.98. The van der Waals surface area contributed by atoms with E-state index in [1.165, 1.54) is 11.3 Å². The van der Waals surface area contributed by atoms with Gasteiger partial charge in [-0.2, -0.15) is 5.26 Å². The molecular formula is C22H24N6OS2. The maximum atomic E-state index is 13.4. The third-order valence-electron chi connectivity index (χ3n) is 5.32. The lowest BCUT2D eigenvalue weighted by molar-refractivity contribution is -0.118. The number of pyridine rings is 1. The van der Waals surface area contributed by atoms with Crippen LogP contribution in [0.15, 0.2) is 51.5 Å². The summed E-state index contributed by atoms with van der Waals surface area (Å²) in [4.78, 5) is 19.4. The summed E-state index contributed by atoms with van der Waals surface area (Å²) >= 11 is 3.05. The Bertz CT molecular complexity index is 1130. The van der Waals surface area contributed by atoms with Gasteiger partial charge >= 0.3 is 0 Å². The number of nitrogens with two attached hydrogens (primary N) is 1. The molecule has 2 aromatic rings. The molecule has 9 heteroatoms. The van der Waals surface area contributed by atoms with Crippen LogP contribution in [0.25, 0.3) is 0 Å². The van der Waals surface area contributed by atoms with E-state index >= 15 is 0 Å². The average molecular weight is 453 g/mol. The van der Waals surface area contributed by atoms with Crippen molar-refractivity contribution < 1.29 is 4.79 Å². The molecule has 0 saturated heterocycles. The highest BCUT2D eigenvalue weighted by atomic mass is 32.2. The van der Waals surface area contributed by atoms with E-state index in [1.807, 2.05) is 12.1 Å². The van der Waals surface area contributed by atoms with E-state index in [0.29, 0.717) is 40.2 Å². The number of thioether (sulfide) groups is 1. The van der Waals surface area contributed by atoms with Crippen LogP contribution >= 0.6 is 23.1 Å². The molecule has 31 heavy (non-hydrogen) atoms. The van der Waals surface area contributed by atoms with Crippen molar-refractivity contribution in [2.45, 2.75) is 56.0 Å². The summed E-state index contributed by atoms with van der Waals surface area (Å²) in [6.07, 6.45) is 4.44. The van der Waals surface area contributed by atoms with Crippen molar-refractivity contribution in [3.05, 3.63) is 52.8 Å². The molecule has 0 saturated carbocycles. The fourth-order valence-corrected chi connectivity index (χ4v) is 6.25. The van der Waals surface area contributed by atoms with Gasteiger partial charge in [0.15, 0.2) is 10.1 Å². The number of nitriles is 1. The lowest BCUT2D eigenvalue weighted by Crippen LogP contribution is -2.42. The summed E-state index contributed by atoms with van der Waals surface area (Å²) in [5.74, 6) is -0.185. The van der Waals surface area contributed by atoms with Crippen molar-refractivity contribution in [2.24, 2.45) is 11.1 Å². The highest BCUT2D eigenvalue weighted by Gasteiger charge is 2.45. The predicted molar refractivity (Wildman–Crippen MR) is 122 cm³/mol. The Morgan fingerprint density at radius 2 is 2.13 bits per heavy atom. The van der Waals surface area contributed by atoms with Gasteiger partial charge in [0.2, 0.25) is 5.13 Å². The Kier molecular flexibility index (Phi) is 5.62. The second-order valence-electron chi connectivity index (χ2n) is 8.78. The zero-order valence-corrected chi connectivity index (χ0v) is 19.5. The summed E-state index contributed by atoms with van der Waals surface area (Å²) in [5, 5.41) is 19.7. The molecule has 0 unspecified atom stereocenters. The highest BCUT2D eigenvalue weighted by Crippen LogP contribution is 2.50. The second kappa shape index (κ2) is 8.09. The third-order valence-corrected chi connectivity index (χ3v) is 7.32. The monoisotopic (exact) mass is 452 g/mol. The van der Waals surface area contributed by atoms with Gasteiger partial charge in [-0.1, -0.05) is 56.9 Å². The first-order valence-corrected chi connectivity index (χ1v) is 11.8. The molecule has 2 N–H and O–H groups in total. The van der Waals surface area contributed by atoms with Crippen molar-refractivity contribution in [1.82, 2.24) is 15.2 Å². The molecule has 0 bridgehead atoms. The second-order valence-corrected chi connectivity index (χ2v) is 11.6. The summed E-state index contributed by atoms with van der Waals surface area (Å²) in [6, 6.07) is 5.96. The number of hydrogen-bond donors (Lipinski definition) is 1. The van der Waals surface area contributed by atoms with Gasteiger partial charge in [0.05, 0.1) is 17.6 Å². The minimum absolute atomic E-state index is 0.0339. The standard InChI is InChI=1S/C22H24N6OS2/c1-12(2)30-21-27-26-20(31-21)28-15-8-22(3,4)9-16(29)18(15)17(14(10-23)19(28)24)13-6-5-7-25-11-13/h5-7,11-12,17H,8-9,24H2,1-4H3/t17-/m0/s1. The molecule has 1 aliphatic carbocycles. The summed E-state index contributed by atoms with van der Waals surface area (Å²) < 4.78 is 0.828. The number of anilines is 1. The number of Topliss-reactive ketones (excluding diaryl/α,β-unsaturated/α-hetero) is 1. The van der Waals surface area contributed by atoms with Crippen molar-refractivity contribution in [3.63, 3.8) is 0 Å². The first-order chi connectivity index (χ1) is 14.7. The number of carbonyl (C=O) groups excluding carboxylic acids is 1. The maximum absolute atomic E-state index is 13.4. The highest BCUT2D eigenvalue weighted by molar-refractivity contribution is 8.01. The molecule has 0 spiro atoms. The maximum Gasteiger partial charge on any atom is 0.219 e. The number of hydrogen-bond acceptors (Lipinski definition) is 9. The number of rotatable bonds is 4. The zero-order chi connectivity index (χ0) is 22.3. The fourth-order valence-electron chi connectivity index (χ4n) is 4.15. The molecular weight excluding hydrogens is 428 g/mol. The van der Waals surface area contributed by atoms with Crippen molar-refractivity contribution in [1.29, 1.82) is 5.26 Å². The predicted octanol–water partition coefficient (Wildman–Crippen LogP) is 4.37. The van der Waals surface area contributed by atoms with Crippen LogP contribution in [0, 0.1) is 16.7 Å². The molecule has 4 rings (SSSR count). The summed E-state index contributed by atoms with van der Waals surface area (Å²) in [7, 11) is 0. The largest absolute Gasteiger partial charge is 0.384 e. The Balaban J connectivity index is 1.92. The molecule has 0 fully saturated rings. The Hall–Kier alpha value is -2.70. The van der Waals surface area contributed by atoms with Crippen LogP contribution in [-0.4, -0.2) is 26.2 Å². The number of aromatic nitrogens is 3. The van der Waals surface area contributed by atoms with E-state index < -0.39 is 5.92 Å². The van der Waals surface area contributed by atoms with Gasteiger partial charge in [0.1, 0.15) is 5.82 Å². The minimum atomic E-state index is -0.522. The number of ketones is 1. The van der Waals surface area contributed by atoms with Crippen LogP contribution in [-0.2, 0) is 4.79 Å². The van der Waals surface area contributed by atoms with E-state index in [4.69, 9.17) is 5.73 Å². The summed E-state index contributed by atoms with van der Waals surface area (Å²) in [5.41, 5.74) is 8.92. The van der Waals surface area contributed by atoms with Crippen LogP contribution in [0.4, 0.5) is 5.13 Å². The lowest BCUT2D eigenvalue weighted by Gasteiger charge is -2.42. The van der Waals surface area contributed by atoms with Gasteiger partial charge in [0, 0.05) is 35.3 Å². The molecule has 3 heterocycles. The molecule has 0 aromatic carbocycles. The first-order valence-electron chi connectivity index (χ1n) is 10.1. The molecule has 7 nitrogen and oxygen atoms in total. The molecule has 0 amide bonds. The van der Waals surface area contributed by atoms with E-state index in [2.05, 4.69) is 48.9 Å². The topological polar surface area (TPSA) is 109 Å². The molecule has 2 aliphatic rings. The quantitative estimate of drug-likeness (QED) is 0.681. The van der Waals surface area contributed by atoms with Gasteiger partial charge in [-0.05, 0) is 23.5 Å². The SMILES string of the molecule is CC(C)Sc1nnc(N2C(N)=C(C#N)[C@H](c3cccnc3)C3=C2CC(C)(C)CC3=O)s1. The Labute approximate surface area is 190 Å². The van der Waals surface area contributed by atoms with Gasteiger partial charge < -0.3 is 5.73 Å². The molecule has 0 radical (unpaired) electrons. The Morgan fingerprint density at radius 3 is 2.77 bits per heavy atom. The van der Waals surface area contributed by atoms with Crippen molar-refractivity contribution in [2.75, 3.05) is 4.90 Å². The van der Waals surface area contributed by atoms with E-state index in [-0.39, 0.29) is 11.2 Å². The van der Waals surface area contributed by atoms with Crippen LogP contribution in [0.5, 0.6) is 0 Å². The van der Waals surface area contributed by atoms with Gasteiger partial charge in [0.25, 0.3) is 0 Å². The van der Waals surface area contributed by atoms with Crippen LogP contribution in [0.1, 0.15) is 52.0 Å². The minimum Gasteiger partial charge on any atom is -0.384 e. The smallest absolute Gasteiger partial charge is 0.219 e. The molecule has 1 atom stereocenters. The number of allylic oxidation sites excluding steroid dienone is 3. The van der Waals surface area contributed by atoms with Crippen molar-refractivity contribution in [3.8, 4) is 6.07 Å². The van der Waals surface area contributed by atoms with Gasteiger partial charge in [-0.3, -0.25) is 14.7 Å². The van der Waals surface area contributed by atoms with Crippen molar-refractivity contribution >= 4 is 34.0 Å². The average Bonchev–Trinajstić information content (AvgIpc) is 3.14. The number of carbonyl (C=O) groups is 1. The molecule has 160 valence electrons. The van der Waals surface area contributed by atoms with Gasteiger partial charge in [-0.25, -0.2) is 0 Å². The lowest BCUT2D eigenvalue weighted by atomic mass is 9.69. The van der Waals surface area contributed by atoms with E-state index in [9.17, 15) is 10.1 Å². The molecule has 1 aliphatic heterocycles. The summed E-state index contributed by atoms with van der Waals surface area (Å²) in [6.45, 7) is 8.34. The van der Waals surface area contributed by atoms with E-state index in [0.717, 1.165) is 15.6 Å². The first kappa shape index (κ1) is 21.5. The van der Waals surface area contributed by atoms with Gasteiger partial charge in [-0.15, -0.1) is 10.2 Å². The van der Waals surface area contributed by atoms with E-state index in [1.54, 1.807) is 29.1 Å². The Morgan fingerprint density at radius 1 is 1.35 bits per heavy atom. The van der Waals surface area contributed by atoms with Crippen LogP contribution in [0.3, 0.4) is 0 Å².